The van der Waals surface area contributed by atoms with Crippen LogP contribution in [0.3, 0.4) is 0 Å². The van der Waals surface area contributed by atoms with Crippen molar-refractivity contribution in [1.82, 2.24) is 10.3 Å². The molecule has 0 aliphatic carbocycles. The summed E-state index contributed by atoms with van der Waals surface area (Å²) < 4.78 is 5.48. The molecule has 1 aromatic heterocycles. The van der Waals surface area contributed by atoms with E-state index < -0.39 is 0 Å². The molecule has 4 heteroatoms. The van der Waals surface area contributed by atoms with Crippen molar-refractivity contribution in [2.45, 2.75) is 20.8 Å². The van der Waals surface area contributed by atoms with E-state index in [9.17, 15) is 4.79 Å². The van der Waals surface area contributed by atoms with Crippen LogP contribution < -0.4 is 5.32 Å². The number of hydrogen-bond acceptors (Lipinski definition) is 4. The Morgan fingerprint density at radius 3 is 2.79 bits per heavy atom. The van der Waals surface area contributed by atoms with E-state index in [1.165, 1.54) is 0 Å². The van der Waals surface area contributed by atoms with Crippen molar-refractivity contribution in [2.24, 2.45) is 11.8 Å². The van der Waals surface area contributed by atoms with Gasteiger partial charge in [0.05, 0.1) is 0 Å². The van der Waals surface area contributed by atoms with E-state index in [1.807, 2.05) is 19.2 Å². The molecule has 0 aliphatic heterocycles. The number of hydrogen-bond donors (Lipinski definition) is 1. The van der Waals surface area contributed by atoms with Gasteiger partial charge >= 0.3 is 0 Å². The summed E-state index contributed by atoms with van der Waals surface area (Å²) in [6, 6.07) is 5.47. The molecule has 4 nitrogen and oxygen atoms in total. The molecule has 2 aromatic rings. The summed E-state index contributed by atoms with van der Waals surface area (Å²) in [6.07, 6.45) is 0. The number of nitrogens with zero attached hydrogens (tertiary/aromatic N) is 1. The normalized spacial score (nSPS) is 13.1. The smallest absolute Gasteiger partial charge is 0.192 e. The second-order valence-corrected chi connectivity index (χ2v) is 5.19. The molecule has 0 fully saturated rings. The van der Waals surface area contributed by atoms with Crippen LogP contribution in [0.1, 0.15) is 30.1 Å². The molecule has 102 valence electrons. The molecule has 1 heterocycles. The maximum atomic E-state index is 12.5. The first-order chi connectivity index (χ1) is 9.02. The molecule has 1 aromatic carbocycles. The van der Waals surface area contributed by atoms with Crippen LogP contribution in [0.4, 0.5) is 0 Å². The summed E-state index contributed by atoms with van der Waals surface area (Å²) >= 11 is 0. The lowest BCUT2D eigenvalue weighted by Gasteiger charge is -2.19. The van der Waals surface area contributed by atoms with Gasteiger partial charge in [-0.3, -0.25) is 4.79 Å². The zero-order valence-corrected chi connectivity index (χ0v) is 11.9. The molecule has 0 radical (unpaired) electrons. The fourth-order valence-electron chi connectivity index (χ4n) is 2.26. The summed E-state index contributed by atoms with van der Waals surface area (Å²) in [5, 5.41) is 3.08. The quantitative estimate of drug-likeness (QED) is 0.840. The summed E-state index contributed by atoms with van der Waals surface area (Å²) in [4.78, 5) is 16.8. The monoisotopic (exact) mass is 260 g/mol. The first-order valence-corrected chi connectivity index (χ1v) is 6.59. The highest BCUT2D eigenvalue weighted by Crippen LogP contribution is 2.21. The fourth-order valence-corrected chi connectivity index (χ4v) is 2.26. The van der Waals surface area contributed by atoms with Gasteiger partial charge < -0.3 is 9.73 Å². The zero-order chi connectivity index (χ0) is 14.0. The molecule has 0 bridgehead atoms. The Bertz CT molecular complexity index is 587. The molecule has 1 atom stereocenters. The van der Waals surface area contributed by atoms with Crippen molar-refractivity contribution in [1.29, 1.82) is 0 Å². The number of ketones is 1. The molecule has 2 rings (SSSR count). The number of Topliss-reactive ketones (excluding diaryl/α,β-unsaturated/α-hetero) is 1. The number of carbonyl (C=O) groups excluding carboxylic acids is 1. The van der Waals surface area contributed by atoms with Crippen molar-refractivity contribution in [2.75, 3.05) is 13.6 Å². The van der Waals surface area contributed by atoms with Gasteiger partial charge in [0.25, 0.3) is 0 Å². The topological polar surface area (TPSA) is 55.1 Å². The van der Waals surface area contributed by atoms with Crippen LogP contribution in [0.5, 0.6) is 0 Å². The molecule has 0 aliphatic rings. The number of aromatic nitrogens is 1. The van der Waals surface area contributed by atoms with Gasteiger partial charge in [-0.15, -0.1) is 0 Å². The van der Waals surface area contributed by atoms with E-state index in [0.29, 0.717) is 29.5 Å². The van der Waals surface area contributed by atoms with Crippen LogP contribution in [-0.2, 0) is 0 Å². The van der Waals surface area contributed by atoms with Gasteiger partial charge in [-0.1, -0.05) is 13.8 Å². The minimum atomic E-state index is -0.0218. The summed E-state index contributed by atoms with van der Waals surface area (Å²) in [6.45, 7) is 6.62. The molecule has 1 N–H and O–H groups in total. The van der Waals surface area contributed by atoms with Gasteiger partial charge in [-0.25, -0.2) is 4.98 Å². The van der Waals surface area contributed by atoms with E-state index in [4.69, 9.17) is 4.42 Å². The average Bonchev–Trinajstić information content (AvgIpc) is 2.73. The van der Waals surface area contributed by atoms with E-state index >= 15 is 0 Å². The fraction of sp³-hybridized carbons (Fsp3) is 0.467. The summed E-state index contributed by atoms with van der Waals surface area (Å²) in [5.74, 6) is 1.05. The number of aryl methyl sites for hydroxylation is 1. The van der Waals surface area contributed by atoms with Crippen LogP contribution in [0, 0.1) is 18.8 Å². The minimum Gasteiger partial charge on any atom is -0.441 e. The number of fused-ring (bicyclic) bond motifs is 1. The number of carbonyl (C=O) groups is 1. The van der Waals surface area contributed by atoms with Crippen molar-refractivity contribution in [3.05, 3.63) is 29.7 Å². The van der Waals surface area contributed by atoms with Crippen LogP contribution >= 0.6 is 0 Å². The second kappa shape index (κ2) is 5.53. The summed E-state index contributed by atoms with van der Waals surface area (Å²) in [7, 11) is 1.87. The third-order valence-corrected chi connectivity index (χ3v) is 3.35. The van der Waals surface area contributed by atoms with Crippen molar-refractivity contribution in [3.63, 3.8) is 0 Å². The lowest BCUT2D eigenvalue weighted by Crippen LogP contribution is -2.30. The van der Waals surface area contributed by atoms with Crippen LogP contribution in [0.2, 0.25) is 0 Å². The lowest BCUT2D eigenvalue weighted by atomic mass is 9.88. The minimum absolute atomic E-state index is 0.0218. The maximum absolute atomic E-state index is 12.5. The molecular weight excluding hydrogens is 240 g/mol. The standard InChI is InChI=1S/C15H20N2O2/c1-9(2)12(8-16-4)15(18)11-5-6-13-14(7-11)19-10(3)17-13/h5-7,9,12,16H,8H2,1-4H3. The largest absolute Gasteiger partial charge is 0.441 e. The predicted octanol–water partition coefficient (Wildman–Crippen LogP) is 2.81. The van der Waals surface area contributed by atoms with E-state index in [2.05, 4.69) is 24.1 Å². The van der Waals surface area contributed by atoms with Gasteiger partial charge in [0.2, 0.25) is 0 Å². The third-order valence-electron chi connectivity index (χ3n) is 3.35. The van der Waals surface area contributed by atoms with Crippen LogP contribution in [0.15, 0.2) is 22.6 Å². The van der Waals surface area contributed by atoms with Crippen molar-refractivity contribution in [3.8, 4) is 0 Å². The number of nitrogens with one attached hydrogen (secondary N) is 1. The van der Waals surface area contributed by atoms with Gasteiger partial charge in [0, 0.05) is 24.9 Å². The highest BCUT2D eigenvalue weighted by Gasteiger charge is 2.23. The van der Waals surface area contributed by atoms with Gasteiger partial charge in [-0.05, 0) is 31.2 Å². The second-order valence-electron chi connectivity index (χ2n) is 5.19. The third kappa shape index (κ3) is 2.84. The Kier molecular flexibility index (Phi) is 4.00. The highest BCUT2D eigenvalue weighted by atomic mass is 16.3. The molecule has 0 saturated heterocycles. The van der Waals surface area contributed by atoms with Crippen molar-refractivity contribution < 1.29 is 9.21 Å². The Morgan fingerprint density at radius 2 is 2.16 bits per heavy atom. The Morgan fingerprint density at radius 1 is 1.42 bits per heavy atom. The Labute approximate surface area is 113 Å². The molecule has 0 spiro atoms. The molecular formula is C15H20N2O2. The predicted molar refractivity (Wildman–Crippen MR) is 75.3 cm³/mol. The number of rotatable bonds is 5. The van der Waals surface area contributed by atoms with Gasteiger partial charge in [0.15, 0.2) is 17.3 Å². The number of benzene rings is 1. The molecule has 0 amide bonds. The Hall–Kier alpha value is -1.68. The van der Waals surface area contributed by atoms with Crippen LogP contribution in [-0.4, -0.2) is 24.4 Å². The Balaban J connectivity index is 2.34. The van der Waals surface area contributed by atoms with E-state index in [1.54, 1.807) is 13.0 Å². The first kappa shape index (κ1) is 13.7. The van der Waals surface area contributed by atoms with Gasteiger partial charge in [0.1, 0.15) is 5.52 Å². The van der Waals surface area contributed by atoms with Gasteiger partial charge in [-0.2, -0.15) is 0 Å². The lowest BCUT2D eigenvalue weighted by molar-refractivity contribution is 0.0886. The SMILES string of the molecule is CNCC(C(=O)c1ccc2nc(C)oc2c1)C(C)C. The molecule has 1 unspecified atom stereocenters. The number of oxazole rings is 1. The highest BCUT2D eigenvalue weighted by molar-refractivity contribution is 6.00. The maximum Gasteiger partial charge on any atom is 0.192 e. The molecule has 19 heavy (non-hydrogen) atoms. The van der Waals surface area contributed by atoms with E-state index in [-0.39, 0.29) is 11.7 Å². The summed E-state index contributed by atoms with van der Waals surface area (Å²) in [5.41, 5.74) is 2.16. The molecule has 0 saturated carbocycles. The zero-order valence-electron chi connectivity index (χ0n) is 11.9. The van der Waals surface area contributed by atoms with Crippen LogP contribution in [0.25, 0.3) is 11.1 Å². The first-order valence-electron chi connectivity index (χ1n) is 6.59. The average molecular weight is 260 g/mol. The van der Waals surface area contributed by atoms with Crippen molar-refractivity contribution >= 4 is 16.9 Å². The van der Waals surface area contributed by atoms with E-state index in [0.717, 1.165) is 5.52 Å².